The van der Waals surface area contributed by atoms with Gasteiger partial charge in [0, 0.05) is 0 Å². The molecule has 22 heavy (non-hydrogen) atoms. The van der Waals surface area contributed by atoms with Crippen molar-refractivity contribution in [1.82, 2.24) is 0 Å². The van der Waals surface area contributed by atoms with Gasteiger partial charge in [-0.1, -0.05) is 32.9 Å². The third-order valence-corrected chi connectivity index (χ3v) is 5.10. The smallest absolute Gasteiger partial charge is 0.282 e. The zero-order chi connectivity index (χ0) is 16.5. The first kappa shape index (κ1) is 16.8. The fraction of sp³-hybridized carbons (Fsp3) is 0.250. The molecule has 0 saturated heterocycles. The Hall–Kier alpha value is -1.53. The minimum Gasteiger partial charge on any atom is -0.289 e. The molecule has 116 valence electrons. The first-order valence-corrected chi connectivity index (χ1v) is 8.88. The normalized spacial score (nSPS) is 17.7. The Morgan fingerprint density at radius 1 is 1.05 bits per heavy atom. The Morgan fingerprint density at radius 2 is 1.64 bits per heavy atom. The van der Waals surface area contributed by atoms with Crippen LogP contribution in [0.3, 0.4) is 0 Å². The van der Waals surface area contributed by atoms with Gasteiger partial charge in [-0.05, 0) is 57.3 Å². The van der Waals surface area contributed by atoms with Crippen molar-refractivity contribution in [2.45, 2.75) is 31.1 Å². The number of nitrogens with zero attached hydrogens (tertiary/aromatic N) is 1. The highest BCUT2D eigenvalue weighted by molar-refractivity contribution is 9.12. The van der Waals surface area contributed by atoms with Crippen LogP contribution in [0.1, 0.15) is 26.3 Å². The molecule has 0 amide bonds. The molecular weight excluding hydrogens is 366 g/mol. The number of rotatable bonds is 2. The van der Waals surface area contributed by atoms with Crippen LogP contribution in [0.4, 0.5) is 0 Å². The summed E-state index contributed by atoms with van der Waals surface area (Å²) in [5, 5.41) is 0. The third-order valence-electron chi connectivity index (χ3n) is 3.16. The molecule has 1 aromatic carbocycles. The molecule has 1 aromatic rings. The predicted octanol–water partition coefficient (Wildman–Crippen LogP) is 3.53. The second kappa shape index (κ2) is 5.93. The van der Waals surface area contributed by atoms with E-state index in [1.54, 1.807) is 24.3 Å². The molecule has 0 fully saturated rings. The second-order valence-electron chi connectivity index (χ2n) is 5.96. The van der Waals surface area contributed by atoms with Crippen molar-refractivity contribution < 1.29 is 13.2 Å². The maximum atomic E-state index is 12.3. The Morgan fingerprint density at radius 3 is 2.14 bits per heavy atom. The van der Waals surface area contributed by atoms with E-state index >= 15 is 0 Å². The van der Waals surface area contributed by atoms with Gasteiger partial charge in [0.15, 0.2) is 5.78 Å². The molecule has 0 saturated carbocycles. The Bertz CT molecular complexity index is 795. The summed E-state index contributed by atoms with van der Waals surface area (Å²) >= 11 is 3.07. The standard InChI is InChI=1S/C16H16BrNO3S/c1-16(2,3)11-4-7-13(8-5-11)22(20,21)18-12-6-9-15(19)14(17)10-12/h4-10H,1-3H3. The summed E-state index contributed by atoms with van der Waals surface area (Å²) in [6.07, 6.45) is 4.05. The van der Waals surface area contributed by atoms with Crippen LogP contribution in [-0.2, 0) is 20.2 Å². The van der Waals surface area contributed by atoms with Crippen LogP contribution in [0.15, 0.2) is 56.3 Å². The summed E-state index contributed by atoms with van der Waals surface area (Å²) < 4.78 is 28.6. The number of ketones is 1. The predicted molar refractivity (Wildman–Crippen MR) is 90.9 cm³/mol. The van der Waals surface area contributed by atoms with Crippen LogP contribution < -0.4 is 0 Å². The van der Waals surface area contributed by atoms with E-state index in [0.29, 0.717) is 0 Å². The number of carbonyl (C=O) groups is 1. The Kier molecular flexibility index (Phi) is 4.54. The lowest BCUT2D eigenvalue weighted by atomic mass is 9.87. The van der Waals surface area contributed by atoms with E-state index in [1.807, 2.05) is 0 Å². The molecule has 0 atom stereocenters. The first-order chi connectivity index (χ1) is 10.1. The number of halogens is 1. The van der Waals surface area contributed by atoms with E-state index in [4.69, 9.17) is 0 Å². The van der Waals surface area contributed by atoms with Crippen LogP contribution >= 0.6 is 15.9 Å². The SMILES string of the molecule is CC(C)(C)c1ccc(S(=O)(=O)N=C2C=CC(=O)C(Br)=C2)cc1. The molecule has 6 heteroatoms. The molecule has 0 bridgehead atoms. The van der Waals surface area contributed by atoms with E-state index in [0.717, 1.165) is 5.56 Å². The van der Waals surface area contributed by atoms with Crippen LogP contribution in [-0.4, -0.2) is 19.9 Å². The lowest BCUT2D eigenvalue weighted by Crippen LogP contribution is -2.11. The van der Waals surface area contributed by atoms with Gasteiger partial charge in [0.2, 0.25) is 0 Å². The summed E-state index contributed by atoms with van der Waals surface area (Å²) in [6.45, 7) is 6.18. The van der Waals surface area contributed by atoms with Gasteiger partial charge < -0.3 is 0 Å². The molecule has 0 N–H and O–H groups in total. The monoisotopic (exact) mass is 381 g/mol. The highest BCUT2D eigenvalue weighted by Gasteiger charge is 2.18. The maximum absolute atomic E-state index is 12.3. The highest BCUT2D eigenvalue weighted by atomic mass is 79.9. The molecular formula is C16H16BrNO3S. The molecule has 0 aliphatic heterocycles. The maximum Gasteiger partial charge on any atom is 0.282 e. The highest BCUT2D eigenvalue weighted by Crippen LogP contribution is 2.24. The van der Waals surface area contributed by atoms with Crippen LogP contribution in [0.5, 0.6) is 0 Å². The second-order valence-corrected chi connectivity index (χ2v) is 8.41. The molecule has 2 rings (SSSR count). The average molecular weight is 382 g/mol. The van der Waals surface area contributed by atoms with Gasteiger partial charge in [-0.2, -0.15) is 12.8 Å². The van der Waals surface area contributed by atoms with E-state index in [9.17, 15) is 13.2 Å². The van der Waals surface area contributed by atoms with Crippen molar-refractivity contribution in [3.63, 3.8) is 0 Å². The van der Waals surface area contributed by atoms with Crippen molar-refractivity contribution in [3.05, 3.63) is 52.5 Å². The van der Waals surface area contributed by atoms with Crippen LogP contribution in [0.2, 0.25) is 0 Å². The molecule has 0 aromatic heterocycles. The Balaban J connectivity index is 2.36. The van der Waals surface area contributed by atoms with E-state index < -0.39 is 10.0 Å². The van der Waals surface area contributed by atoms with E-state index in [2.05, 4.69) is 41.1 Å². The lowest BCUT2D eigenvalue weighted by molar-refractivity contribution is -0.110. The molecule has 4 nitrogen and oxygen atoms in total. The zero-order valence-corrected chi connectivity index (χ0v) is 14.9. The van der Waals surface area contributed by atoms with Gasteiger partial charge >= 0.3 is 0 Å². The van der Waals surface area contributed by atoms with Gasteiger partial charge in [0.25, 0.3) is 10.0 Å². The number of carbonyl (C=O) groups excluding carboxylic acids is 1. The molecule has 0 spiro atoms. The van der Waals surface area contributed by atoms with Crippen molar-refractivity contribution in [3.8, 4) is 0 Å². The quantitative estimate of drug-likeness (QED) is 0.735. The first-order valence-electron chi connectivity index (χ1n) is 6.65. The molecule has 0 unspecified atom stereocenters. The molecule has 0 heterocycles. The third kappa shape index (κ3) is 3.81. The minimum atomic E-state index is -3.80. The van der Waals surface area contributed by atoms with Crippen LogP contribution in [0.25, 0.3) is 0 Å². The van der Waals surface area contributed by atoms with Gasteiger partial charge in [-0.15, -0.1) is 0 Å². The summed E-state index contributed by atoms with van der Waals surface area (Å²) in [6, 6.07) is 6.69. The van der Waals surface area contributed by atoms with E-state index in [-0.39, 0.29) is 26.3 Å². The Labute approximate surface area is 138 Å². The average Bonchev–Trinajstić information content (AvgIpc) is 2.42. The molecule has 0 radical (unpaired) electrons. The van der Waals surface area contributed by atoms with Crippen molar-refractivity contribution in [1.29, 1.82) is 0 Å². The van der Waals surface area contributed by atoms with Gasteiger partial charge in [-0.25, -0.2) is 0 Å². The summed E-state index contributed by atoms with van der Waals surface area (Å²) in [5.41, 5.74) is 1.21. The molecule has 1 aliphatic carbocycles. The van der Waals surface area contributed by atoms with Gasteiger partial charge in [0.1, 0.15) is 0 Å². The van der Waals surface area contributed by atoms with Crippen molar-refractivity contribution >= 4 is 37.4 Å². The number of hydrogen-bond donors (Lipinski definition) is 0. The lowest BCUT2D eigenvalue weighted by Gasteiger charge is -2.18. The summed E-state index contributed by atoms with van der Waals surface area (Å²) in [4.78, 5) is 11.4. The van der Waals surface area contributed by atoms with Crippen molar-refractivity contribution in [2.24, 2.45) is 4.40 Å². The molecule has 1 aliphatic rings. The number of hydrogen-bond acceptors (Lipinski definition) is 3. The number of sulfonamides is 1. The van der Waals surface area contributed by atoms with Gasteiger partial charge in [-0.3, -0.25) is 4.79 Å². The fourth-order valence-electron chi connectivity index (χ4n) is 1.86. The number of allylic oxidation sites excluding steroid dienone is 4. The largest absolute Gasteiger partial charge is 0.289 e. The summed E-state index contributed by atoms with van der Waals surface area (Å²) in [5.74, 6) is -0.217. The zero-order valence-electron chi connectivity index (χ0n) is 12.5. The van der Waals surface area contributed by atoms with Crippen molar-refractivity contribution in [2.75, 3.05) is 0 Å². The fourth-order valence-corrected chi connectivity index (χ4v) is 3.21. The minimum absolute atomic E-state index is 0.0474. The topological polar surface area (TPSA) is 63.6 Å². The van der Waals surface area contributed by atoms with E-state index in [1.165, 1.54) is 18.2 Å². The van der Waals surface area contributed by atoms with Crippen LogP contribution in [0, 0.1) is 0 Å². The van der Waals surface area contributed by atoms with Gasteiger partial charge in [0.05, 0.1) is 15.1 Å². The number of benzene rings is 1. The summed E-state index contributed by atoms with van der Waals surface area (Å²) in [7, 11) is -3.80.